The molecule has 0 atom stereocenters. The molecule has 3 aromatic heterocycles. The number of nitrogens with zero attached hydrogens (tertiary/aromatic N) is 3. The Morgan fingerprint density at radius 1 is 0.475 bits per heavy atom. The average molecular weight is 512 g/mol. The Balaban J connectivity index is 1.49. The molecular formula is C36H21N3O. The maximum atomic E-state index is 6.35. The summed E-state index contributed by atoms with van der Waals surface area (Å²) in [7, 11) is 0. The third-order valence-electron chi connectivity index (χ3n) is 8.02. The molecule has 0 aliphatic heterocycles. The van der Waals surface area contributed by atoms with Crippen molar-refractivity contribution >= 4 is 65.4 Å². The van der Waals surface area contributed by atoms with Crippen LogP contribution >= 0.6 is 0 Å². The maximum absolute atomic E-state index is 6.35. The van der Waals surface area contributed by atoms with Crippen LogP contribution in [0.3, 0.4) is 0 Å². The first-order valence-corrected chi connectivity index (χ1v) is 13.4. The second-order valence-electron chi connectivity index (χ2n) is 10.2. The van der Waals surface area contributed by atoms with Crippen LogP contribution in [0.4, 0.5) is 0 Å². The summed E-state index contributed by atoms with van der Waals surface area (Å²) in [5, 5.41) is 9.21. The molecule has 0 saturated carbocycles. The molecule has 0 saturated heterocycles. The Labute approximate surface area is 228 Å². The van der Waals surface area contributed by atoms with Gasteiger partial charge in [0.05, 0.1) is 22.1 Å². The van der Waals surface area contributed by atoms with Gasteiger partial charge < -0.3 is 4.42 Å². The lowest BCUT2D eigenvalue weighted by molar-refractivity contribution is 0.651. The number of aromatic nitrogens is 3. The molecule has 0 unspecified atom stereocenters. The smallest absolute Gasteiger partial charge is 0.238 e. The van der Waals surface area contributed by atoms with Gasteiger partial charge in [-0.15, -0.1) is 0 Å². The number of fused-ring (bicyclic) bond motifs is 10. The number of hydrogen-bond acceptors (Lipinski definition) is 3. The van der Waals surface area contributed by atoms with E-state index in [9.17, 15) is 0 Å². The Morgan fingerprint density at radius 3 is 1.73 bits per heavy atom. The third-order valence-corrected chi connectivity index (χ3v) is 8.02. The minimum Gasteiger partial charge on any atom is -0.437 e. The lowest BCUT2D eigenvalue weighted by Gasteiger charge is -2.10. The van der Waals surface area contributed by atoms with Gasteiger partial charge in [-0.3, -0.25) is 4.57 Å². The van der Waals surface area contributed by atoms with E-state index in [0.29, 0.717) is 11.7 Å². The minimum atomic E-state index is 0.585. The number of furan rings is 1. The van der Waals surface area contributed by atoms with Gasteiger partial charge in [0.1, 0.15) is 5.58 Å². The Bertz CT molecular complexity index is 2340. The number of para-hydroxylation sites is 1. The summed E-state index contributed by atoms with van der Waals surface area (Å²) in [5.74, 6) is 0.593. The van der Waals surface area contributed by atoms with Crippen molar-refractivity contribution < 1.29 is 4.42 Å². The lowest BCUT2D eigenvalue weighted by atomic mass is 10.00. The van der Waals surface area contributed by atoms with Crippen LogP contribution in [0.2, 0.25) is 0 Å². The zero-order valence-corrected chi connectivity index (χ0v) is 21.4. The summed E-state index contributed by atoms with van der Waals surface area (Å²) in [5.41, 5.74) is 5.42. The normalized spacial score (nSPS) is 12.0. The van der Waals surface area contributed by atoms with Crippen LogP contribution in [0, 0.1) is 0 Å². The first kappa shape index (κ1) is 21.5. The molecular weight excluding hydrogens is 490 g/mol. The van der Waals surface area contributed by atoms with E-state index in [4.69, 9.17) is 14.4 Å². The lowest BCUT2D eigenvalue weighted by Crippen LogP contribution is -2.02. The molecule has 9 rings (SSSR count). The van der Waals surface area contributed by atoms with E-state index < -0.39 is 0 Å². The van der Waals surface area contributed by atoms with Gasteiger partial charge in [-0.2, -0.15) is 4.98 Å². The molecule has 0 aliphatic rings. The second-order valence-corrected chi connectivity index (χ2v) is 10.2. The molecule has 0 N–H and O–H groups in total. The summed E-state index contributed by atoms with van der Waals surface area (Å²) < 4.78 is 8.55. The summed E-state index contributed by atoms with van der Waals surface area (Å²) >= 11 is 0. The highest BCUT2D eigenvalue weighted by molar-refractivity contribution is 6.28. The van der Waals surface area contributed by atoms with Gasteiger partial charge in [-0.25, -0.2) is 4.98 Å². The van der Waals surface area contributed by atoms with Gasteiger partial charge in [-0.1, -0.05) is 109 Å². The van der Waals surface area contributed by atoms with E-state index in [-0.39, 0.29) is 0 Å². The molecule has 6 aromatic carbocycles. The van der Waals surface area contributed by atoms with Crippen LogP contribution in [-0.4, -0.2) is 14.5 Å². The van der Waals surface area contributed by atoms with Crippen molar-refractivity contribution in [3.05, 3.63) is 127 Å². The van der Waals surface area contributed by atoms with E-state index in [1.165, 1.54) is 32.3 Å². The van der Waals surface area contributed by atoms with E-state index in [2.05, 4.69) is 95.6 Å². The van der Waals surface area contributed by atoms with Crippen LogP contribution in [0.15, 0.2) is 132 Å². The van der Waals surface area contributed by atoms with Crippen molar-refractivity contribution in [1.82, 2.24) is 14.5 Å². The predicted octanol–water partition coefficient (Wildman–Crippen LogP) is 9.45. The van der Waals surface area contributed by atoms with Gasteiger partial charge in [0, 0.05) is 21.7 Å². The second kappa shape index (κ2) is 8.01. The Morgan fingerprint density at radius 2 is 1.05 bits per heavy atom. The Hall–Kier alpha value is -5.48. The molecule has 186 valence electrons. The number of hydrogen-bond donors (Lipinski definition) is 0. The van der Waals surface area contributed by atoms with Gasteiger partial charge in [0.2, 0.25) is 11.7 Å². The highest BCUT2D eigenvalue weighted by atomic mass is 16.3. The fourth-order valence-electron chi connectivity index (χ4n) is 6.28. The molecule has 3 heterocycles. The molecule has 0 radical (unpaired) electrons. The van der Waals surface area contributed by atoms with E-state index in [1.807, 2.05) is 36.4 Å². The maximum Gasteiger partial charge on any atom is 0.238 e. The summed E-state index contributed by atoms with van der Waals surface area (Å²) in [6.45, 7) is 0. The first-order valence-electron chi connectivity index (χ1n) is 13.4. The summed E-state index contributed by atoms with van der Waals surface area (Å²) in [4.78, 5) is 10.4. The molecule has 9 aromatic rings. The monoisotopic (exact) mass is 511 g/mol. The van der Waals surface area contributed by atoms with Crippen LogP contribution in [0.5, 0.6) is 0 Å². The van der Waals surface area contributed by atoms with Crippen molar-refractivity contribution in [1.29, 1.82) is 0 Å². The number of benzene rings is 6. The topological polar surface area (TPSA) is 43.9 Å². The molecule has 0 fully saturated rings. The molecule has 0 aliphatic carbocycles. The zero-order valence-electron chi connectivity index (χ0n) is 21.4. The highest BCUT2D eigenvalue weighted by Gasteiger charge is 2.22. The minimum absolute atomic E-state index is 0.585. The van der Waals surface area contributed by atoms with E-state index in [0.717, 1.165) is 38.6 Å². The summed E-state index contributed by atoms with van der Waals surface area (Å²) in [6.07, 6.45) is 0. The van der Waals surface area contributed by atoms with Crippen LogP contribution < -0.4 is 0 Å². The zero-order chi connectivity index (χ0) is 26.2. The molecule has 40 heavy (non-hydrogen) atoms. The van der Waals surface area contributed by atoms with Crippen molar-refractivity contribution in [3.63, 3.8) is 0 Å². The molecule has 0 spiro atoms. The SMILES string of the molecule is c1ccc(-c2nc(-n3c4ccc5ccccc5c4c4c5ccccc5ccc43)nc3oc4ccccc4c23)cc1. The molecule has 0 bridgehead atoms. The van der Waals surface area contributed by atoms with Crippen LogP contribution in [0.1, 0.15) is 0 Å². The standard InChI is InChI=1S/C36H21N3O/c1-2-12-24(13-3-1)34-33-27-16-8-9-17-30(27)40-35(33)38-36(37-34)39-28-20-18-22-10-4-6-14-25(22)31(28)32-26-15-7-5-11-23(26)19-21-29(32)39/h1-21H. The fourth-order valence-corrected chi connectivity index (χ4v) is 6.28. The fraction of sp³-hybridized carbons (Fsp3) is 0. The van der Waals surface area contributed by atoms with Gasteiger partial charge in [0.25, 0.3) is 0 Å². The van der Waals surface area contributed by atoms with Gasteiger partial charge >= 0.3 is 0 Å². The number of rotatable bonds is 2. The van der Waals surface area contributed by atoms with E-state index >= 15 is 0 Å². The van der Waals surface area contributed by atoms with Crippen LogP contribution in [-0.2, 0) is 0 Å². The third kappa shape index (κ3) is 2.90. The highest BCUT2D eigenvalue weighted by Crippen LogP contribution is 2.41. The largest absolute Gasteiger partial charge is 0.437 e. The quantitative estimate of drug-likeness (QED) is 0.232. The van der Waals surface area contributed by atoms with Gasteiger partial charge in [0.15, 0.2) is 0 Å². The molecule has 4 heteroatoms. The van der Waals surface area contributed by atoms with Crippen molar-refractivity contribution in [2.75, 3.05) is 0 Å². The average Bonchev–Trinajstić information content (AvgIpc) is 3.57. The summed E-state index contributed by atoms with van der Waals surface area (Å²) in [6, 6.07) is 44.3. The van der Waals surface area contributed by atoms with E-state index in [1.54, 1.807) is 0 Å². The first-order chi connectivity index (χ1) is 19.8. The Kier molecular flexibility index (Phi) is 4.30. The van der Waals surface area contributed by atoms with Crippen LogP contribution in [0.25, 0.3) is 82.6 Å². The van der Waals surface area contributed by atoms with Crippen molar-refractivity contribution in [2.45, 2.75) is 0 Å². The van der Waals surface area contributed by atoms with Crippen molar-refractivity contribution in [3.8, 4) is 17.2 Å². The predicted molar refractivity (Wildman–Crippen MR) is 164 cm³/mol. The van der Waals surface area contributed by atoms with Crippen molar-refractivity contribution in [2.24, 2.45) is 0 Å². The molecule has 0 amide bonds. The van der Waals surface area contributed by atoms with Gasteiger partial charge in [-0.05, 0) is 39.7 Å². The molecule has 4 nitrogen and oxygen atoms in total.